The van der Waals surface area contributed by atoms with Gasteiger partial charge in [-0.05, 0) is 43.7 Å². The van der Waals surface area contributed by atoms with Crippen molar-refractivity contribution in [1.29, 1.82) is 5.39 Å². The molecular weight excluding hydrogens is 234 g/mol. The van der Waals surface area contributed by atoms with E-state index in [9.17, 15) is 0 Å². The van der Waals surface area contributed by atoms with Crippen LogP contribution in [0, 0.1) is 11.3 Å². The maximum Gasteiger partial charge on any atom is 0.426 e. The molecule has 1 aliphatic carbocycles. The molecule has 1 fully saturated rings. The first-order valence-electron chi connectivity index (χ1n) is 6.11. The lowest BCUT2D eigenvalue weighted by Gasteiger charge is -2.27. The van der Waals surface area contributed by atoms with Crippen molar-refractivity contribution in [2.45, 2.75) is 38.6 Å². The van der Waals surface area contributed by atoms with Gasteiger partial charge in [0.05, 0.1) is 0 Å². The fraction of sp³-hybridized carbons (Fsp3) is 0.538. The van der Waals surface area contributed by atoms with Crippen LogP contribution in [0.4, 0.5) is 11.4 Å². The fourth-order valence-electron chi connectivity index (χ4n) is 2.36. The van der Waals surface area contributed by atoms with E-state index >= 15 is 0 Å². The summed E-state index contributed by atoms with van der Waals surface area (Å²) in [5.74, 6) is 0.828. The third-order valence-corrected chi connectivity index (χ3v) is 3.77. The summed E-state index contributed by atoms with van der Waals surface area (Å²) in [6.07, 6.45) is 4.84. The van der Waals surface area contributed by atoms with Gasteiger partial charge in [0.1, 0.15) is 10.7 Å². The highest BCUT2D eigenvalue weighted by Gasteiger charge is 2.23. The number of halogens is 1. The van der Waals surface area contributed by atoms with Crippen LogP contribution in [-0.2, 0) is 0 Å². The molecule has 1 N–H and O–H groups in total. The minimum Gasteiger partial charge on any atom is -0.376 e. The Bertz CT molecular complexity index is 431. The Balaban J connectivity index is 2.09. The number of benzene rings is 1. The van der Waals surface area contributed by atoms with Crippen molar-refractivity contribution < 1.29 is 0 Å². The van der Waals surface area contributed by atoms with Gasteiger partial charge in [-0.2, -0.15) is 0 Å². The lowest BCUT2D eigenvalue weighted by atomic mass is 9.87. The number of hydrogen-bond acceptors (Lipinski definition) is 2. The summed E-state index contributed by atoms with van der Waals surface area (Å²) in [5.41, 5.74) is 1.26. The molecule has 1 aromatic rings. The van der Waals surface area contributed by atoms with Crippen LogP contribution in [0.15, 0.2) is 18.2 Å². The Hall–Kier alpha value is -1.27. The normalized spacial score (nSPS) is 24.1. The van der Waals surface area contributed by atoms with E-state index in [0.717, 1.165) is 11.6 Å². The highest BCUT2D eigenvalue weighted by molar-refractivity contribution is 6.34. The van der Waals surface area contributed by atoms with Crippen LogP contribution in [0.1, 0.15) is 32.6 Å². The third-order valence-electron chi connectivity index (χ3n) is 3.46. The van der Waals surface area contributed by atoms with Gasteiger partial charge in [-0.25, -0.2) is 0 Å². The number of hydrogen-bond donors (Lipinski definition) is 1. The summed E-state index contributed by atoms with van der Waals surface area (Å²) in [4.78, 5) is 3.26. The SMILES string of the molecule is CC1CCC(Nc2cccc(Cl)c2[N+]#N)CC1. The molecule has 0 radical (unpaired) electrons. The van der Waals surface area contributed by atoms with Crippen molar-refractivity contribution in [3.8, 4) is 0 Å². The van der Waals surface area contributed by atoms with Crippen LogP contribution >= 0.6 is 11.6 Å². The van der Waals surface area contributed by atoms with Gasteiger partial charge in [0, 0.05) is 6.04 Å². The molecule has 1 saturated carbocycles. The van der Waals surface area contributed by atoms with Crippen molar-refractivity contribution in [2.75, 3.05) is 5.32 Å². The molecule has 1 aliphatic rings. The second-order valence-electron chi connectivity index (χ2n) is 4.84. The third kappa shape index (κ3) is 2.89. The van der Waals surface area contributed by atoms with E-state index in [1.54, 1.807) is 6.07 Å². The molecule has 0 bridgehead atoms. The Morgan fingerprint density at radius 2 is 2.00 bits per heavy atom. The molecule has 1 aromatic carbocycles. The van der Waals surface area contributed by atoms with Gasteiger partial charge >= 0.3 is 5.69 Å². The van der Waals surface area contributed by atoms with E-state index in [1.165, 1.54) is 25.7 Å². The van der Waals surface area contributed by atoms with Crippen LogP contribution < -0.4 is 5.32 Å². The van der Waals surface area contributed by atoms with Crippen molar-refractivity contribution in [2.24, 2.45) is 5.92 Å². The van der Waals surface area contributed by atoms with Crippen LogP contribution in [-0.4, -0.2) is 6.04 Å². The topological polar surface area (TPSA) is 40.2 Å². The average molecular weight is 251 g/mol. The second kappa shape index (κ2) is 5.37. The minimum absolute atomic E-state index is 0.438. The molecule has 0 atom stereocenters. The molecular formula is C13H17ClN3+. The molecule has 4 heteroatoms. The van der Waals surface area contributed by atoms with Crippen molar-refractivity contribution in [3.05, 3.63) is 28.2 Å². The van der Waals surface area contributed by atoms with Gasteiger partial charge in [0.25, 0.3) is 0 Å². The molecule has 0 heterocycles. The molecule has 0 spiro atoms. The molecule has 0 aromatic heterocycles. The Labute approximate surface area is 107 Å². The monoisotopic (exact) mass is 250 g/mol. The molecule has 17 heavy (non-hydrogen) atoms. The largest absolute Gasteiger partial charge is 0.426 e. The van der Waals surface area contributed by atoms with E-state index < -0.39 is 0 Å². The Morgan fingerprint density at radius 1 is 1.29 bits per heavy atom. The molecule has 2 rings (SSSR count). The standard InChI is InChI=1S/C13H17ClN3/c1-9-5-7-10(8-6-9)16-12-4-2-3-11(14)13(12)17-15/h2-4,9-10,16H,5-8H2,1H3/q+1. The first-order valence-corrected chi connectivity index (χ1v) is 6.48. The maximum atomic E-state index is 8.97. The zero-order valence-corrected chi connectivity index (χ0v) is 10.7. The van der Waals surface area contributed by atoms with Crippen LogP contribution in [0.5, 0.6) is 0 Å². The Morgan fingerprint density at radius 3 is 2.65 bits per heavy atom. The molecule has 0 aliphatic heterocycles. The van der Waals surface area contributed by atoms with Gasteiger partial charge < -0.3 is 5.32 Å². The van der Waals surface area contributed by atoms with Crippen molar-refractivity contribution in [3.63, 3.8) is 0 Å². The predicted molar refractivity (Wildman–Crippen MR) is 71.2 cm³/mol. The molecule has 0 amide bonds. The number of anilines is 1. The van der Waals surface area contributed by atoms with Crippen molar-refractivity contribution in [1.82, 2.24) is 0 Å². The summed E-state index contributed by atoms with van der Waals surface area (Å²) in [7, 11) is 0. The summed E-state index contributed by atoms with van der Waals surface area (Å²) in [6.45, 7) is 2.30. The highest BCUT2D eigenvalue weighted by atomic mass is 35.5. The van der Waals surface area contributed by atoms with Crippen LogP contribution in [0.2, 0.25) is 5.02 Å². The van der Waals surface area contributed by atoms with E-state index in [1.807, 2.05) is 12.1 Å². The van der Waals surface area contributed by atoms with E-state index in [4.69, 9.17) is 17.0 Å². The zero-order chi connectivity index (χ0) is 12.3. The van der Waals surface area contributed by atoms with Crippen LogP contribution in [0.25, 0.3) is 4.98 Å². The van der Waals surface area contributed by atoms with Crippen LogP contribution in [0.3, 0.4) is 0 Å². The number of nitrogens with zero attached hydrogens (tertiary/aromatic N) is 2. The van der Waals surface area contributed by atoms with E-state index in [-0.39, 0.29) is 0 Å². The van der Waals surface area contributed by atoms with Gasteiger partial charge in [0.15, 0.2) is 4.98 Å². The molecule has 0 unspecified atom stereocenters. The summed E-state index contributed by atoms with van der Waals surface area (Å²) in [6, 6.07) is 5.96. The Kier molecular flexibility index (Phi) is 3.86. The summed E-state index contributed by atoms with van der Waals surface area (Å²) < 4.78 is 0. The first-order chi connectivity index (χ1) is 8.20. The summed E-state index contributed by atoms with van der Waals surface area (Å²) >= 11 is 5.98. The smallest absolute Gasteiger partial charge is 0.376 e. The lowest BCUT2D eigenvalue weighted by molar-refractivity contribution is 0.361. The average Bonchev–Trinajstić information content (AvgIpc) is 2.32. The molecule has 3 nitrogen and oxygen atoms in total. The lowest BCUT2D eigenvalue weighted by Crippen LogP contribution is -2.25. The van der Waals surface area contributed by atoms with Gasteiger partial charge in [0.2, 0.25) is 5.39 Å². The quantitative estimate of drug-likeness (QED) is 0.765. The number of nitrogens with one attached hydrogen (secondary N) is 1. The minimum atomic E-state index is 0.438. The van der Waals surface area contributed by atoms with Gasteiger partial charge in [-0.15, -0.1) is 0 Å². The fourth-order valence-corrected chi connectivity index (χ4v) is 2.57. The van der Waals surface area contributed by atoms with E-state index in [0.29, 0.717) is 16.8 Å². The number of diazo groups is 1. The van der Waals surface area contributed by atoms with Gasteiger partial charge in [-0.1, -0.05) is 24.6 Å². The molecule has 90 valence electrons. The zero-order valence-electron chi connectivity index (χ0n) is 9.99. The maximum absolute atomic E-state index is 8.97. The predicted octanol–water partition coefficient (Wildman–Crippen LogP) is 4.82. The highest BCUT2D eigenvalue weighted by Crippen LogP contribution is 2.35. The van der Waals surface area contributed by atoms with E-state index in [2.05, 4.69) is 17.2 Å². The second-order valence-corrected chi connectivity index (χ2v) is 5.24. The summed E-state index contributed by atoms with van der Waals surface area (Å²) in [5, 5.41) is 12.9. The molecule has 0 saturated heterocycles. The number of rotatable bonds is 2. The van der Waals surface area contributed by atoms with Gasteiger partial charge in [-0.3, -0.25) is 0 Å². The van der Waals surface area contributed by atoms with Crippen molar-refractivity contribution >= 4 is 23.0 Å². The first kappa shape index (κ1) is 12.2.